The summed E-state index contributed by atoms with van der Waals surface area (Å²) in [5.41, 5.74) is 0.425. The van der Waals surface area contributed by atoms with Gasteiger partial charge < -0.3 is 4.74 Å². The lowest BCUT2D eigenvalue weighted by atomic mass is 9.69. The number of carbonyl (C=O) groups is 2. The van der Waals surface area contributed by atoms with Crippen molar-refractivity contribution in [1.82, 2.24) is 4.98 Å². The van der Waals surface area contributed by atoms with E-state index in [1.807, 2.05) is 13.8 Å². The molecular formula is C13H15NO3S. The van der Waals surface area contributed by atoms with Gasteiger partial charge in [0, 0.05) is 24.1 Å². The van der Waals surface area contributed by atoms with Gasteiger partial charge in [0.15, 0.2) is 0 Å². The predicted octanol–water partition coefficient (Wildman–Crippen LogP) is 2.60. The molecule has 1 aliphatic carbocycles. The maximum atomic E-state index is 12.3. The first kappa shape index (κ1) is 13.0. The van der Waals surface area contributed by atoms with E-state index in [1.165, 1.54) is 18.3 Å². The molecule has 1 atom stereocenters. The zero-order valence-corrected chi connectivity index (χ0v) is 11.5. The van der Waals surface area contributed by atoms with Crippen molar-refractivity contribution >= 4 is 23.1 Å². The Morgan fingerprint density at radius 2 is 2.17 bits per heavy atom. The van der Waals surface area contributed by atoms with E-state index in [9.17, 15) is 9.59 Å². The maximum Gasteiger partial charge on any atom is 0.304 e. The van der Waals surface area contributed by atoms with Crippen LogP contribution in [0.1, 0.15) is 38.6 Å². The molecule has 1 heterocycles. The van der Waals surface area contributed by atoms with Crippen LogP contribution in [0.15, 0.2) is 22.7 Å². The first-order chi connectivity index (χ1) is 8.57. The van der Waals surface area contributed by atoms with E-state index in [-0.39, 0.29) is 5.78 Å². The van der Waals surface area contributed by atoms with Crippen LogP contribution in [0.25, 0.3) is 0 Å². The van der Waals surface area contributed by atoms with Crippen LogP contribution in [-0.2, 0) is 19.9 Å². The minimum atomic E-state index is -1.24. The summed E-state index contributed by atoms with van der Waals surface area (Å²) in [5.74, 6) is -0.577. The van der Waals surface area contributed by atoms with Gasteiger partial charge >= 0.3 is 5.97 Å². The molecular weight excluding hydrogens is 250 g/mol. The Balaban J connectivity index is 2.56. The highest BCUT2D eigenvalue weighted by Crippen LogP contribution is 2.49. The topological polar surface area (TPSA) is 56.3 Å². The number of esters is 1. The lowest BCUT2D eigenvalue weighted by Gasteiger charge is -2.41. The van der Waals surface area contributed by atoms with Gasteiger partial charge in [-0.15, -0.1) is 11.3 Å². The molecule has 1 aliphatic rings. The molecule has 0 amide bonds. The summed E-state index contributed by atoms with van der Waals surface area (Å²) in [6.45, 7) is 5.21. The number of thiazole rings is 1. The zero-order valence-electron chi connectivity index (χ0n) is 10.6. The van der Waals surface area contributed by atoms with E-state index >= 15 is 0 Å². The van der Waals surface area contributed by atoms with E-state index in [2.05, 4.69) is 4.98 Å². The van der Waals surface area contributed by atoms with E-state index in [4.69, 9.17) is 4.74 Å². The van der Waals surface area contributed by atoms with Crippen LogP contribution in [0.2, 0.25) is 0 Å². The molecule has 1 aromatic heterocycles. The lowest BCUT2D eigenvalue weighted by molar-refractivity contribution is -0.164. The number of carbonyl (C=O) groups excluding carboxylic acids is 2. The van der Waals surface area contributed by atoms with Crippen molar-refractivity contribution in [3.05, 3.63) is 27.7 Å². The first-order valence-corrected chi connectivity index (χ1v) is 6.82. The highest BCUT2D eigenvalue weighted by atomic mass is 32.1. The molecule has 0 aromatic carbocycles. The molecule has 0 aliphatic heterocycles. The van der Waals surface area contributed by atoms with Gasteiger partial charge in [-0.25, -0.2) is 4.98 Å². The quantitative estimate of drug-likeness (QED) is 0.785. The van der Waals surface area contributed by atoms with Crippen molar-refractivity contribution in [2.45, 2.75) is 39.2 Å². The molecule has 96 valence electrons. The van der Waals surface area contributed by atoms with Crippen molar-refractivity contribution in [3.8, 4) is 0 Å². The number of aromatic nitrogens is 1. The normalized spacial score (nSPS) is 22.9. The van der Waals surface area contributed by atoms with Gasteiger partial charge in [0.1, 0.15) is 5.01 Å². The summed E-state index contributed by atoms with van der Waals surface area (Å²) in [7, 11) is 0. The maximum absolute atomic E-state index is 12.3. The highest BCUT2D eigenvalue weighted by molar-refractivity contribution is 7.09. The molecule has 0 saturated heterocycles. The van der Waals surface area contributed by atoms with Gasteiger partial charge in [0.25, 0.3) is 0 Å². The second-order valence-corrected chi connectivity index (χ2v) is 5.00. The second-order valence-electron chi connectivity index (χ2n) is 4.11. The highest BCUT2D eigenvalue weighted by Gasteiger charge is 2.58. The second kappa shape index (κ2) is 4.65. The smallest absolute Gasteiger partial charge is 0.304 e. The molecule has 0 fully saturated rings. The number of hydrogen-bond donors (Lipinski definition) is 0. The fourth-order valence-corrected chi connectivity index (χ4v) is 3.26. The molecule has 0 saturated carbocycles. The van der Waals surface area contributed by atoms with Crippen LogP contribution in [0.3, 0.4) is 0 Å². The Bertz CT molecular complexity index is 518. The monoisotopic (exact) mass is 265 g/mol. The van der Waals surface area contributed by atoms with Crippen LogP contribution in [-0.4, -0.2) is 16.7 Å². The van der Waals surface area contributed by atoms with E-state index < -0.39 is 11.6 Å². The number of ether oxygens (including phenoxy) is 1. The number of hydrogen-bond acceptors (Lipinski definition) is 5. The molecule has 4 nitrogen and oxygen atoms in total. The Morgan fingerprint density at radius 1 is 1.44 bits per heavy atom. The molecule has 0 spiro atoms. The Labute approximate surface area is 110 Å². The Kier molecular flexibility index (Phi) is 3.34. The third kappa shape index (κ3) is 1.61. The van der Waals surface area contributed by atoms with Gasteiger partial charge in [-0.05, 0) is 18.4 Å². The van der Waals surface area contributed by atoms with Crippen molar-refractivity contribution in [2.75, 3.05) is 0 Å². The van der Waals surface area contributed by atoms with Crippen LogP contribution < -0.4 is 0 Å². The van der Waals surface area contributed by atoms with Crippen molar-refractivity contribution in [2.24, 2.45) is 0 Å². The summed E-state index contributed by atoms with van der Waals surface area (Å²) in [6.07, 6.45) is 2.97. The number of ketones is 1. The van der Waals surface area contributed by atoms with Crippen LogP contribution >= 0.6 is 11.3 Å². The molecule has 18 heavy (non-hydrogen) atoms. The van der Waals surface area contributed by atoms with Gasteiger partial charge in [0.2, 0.25) is 11.4 Å². The molecule has 1 unspecified atom stereocenters. The fraction of sp³-hybridized carbons (Fsp3) is 0.462. The number of rotatable bonds is 4. The third-order valence-electron chi connectivity index (χ3n) is 3.12. The molecule has 0 radical (unpaired) electrons. The standard InChI is InChI=1S/C13H15NO3S/c1-4-9-10(5-2)13(11(9)16,17-8(3)15)12-14-6-7-18-12/h6-7H,4-5H2,1-3H3. The summed E-state index contributed by atoms with van der Waals surface area (Å²) < 4.78 is 5.37. The van der Waals surface area contributed by atoms with Crippen LogP contribution in [0.4, 0.5) is 0 Å². The third-order valence-corrected chi connectivity index (χ3v) is 3.99. The molecule has 5 heteroatoms. The number of Topliss-reactive ketones (excluding diaryl/α,β-unsaturated/α-hetero) is 1. The van der Waals surface area contributed by atoms with E-state index in [1.54, 1.807) is 11.6 Å². The Morgan fingerprint density at radius 3 is 2.61 bits per heavy atom. The van der Waals surface area contributed by atoms with Crippen LogP contribution in [0, 0.1) is 0 Å². The van der Waals surface area contributed by atoms with Gasteiger partial charge in [-0.2, -0.15) is 0 Å². The predicted molar refractivity (Wildman–Crippen MR) is 68.2 cm³/mol. The van der Waals surface area contributed by atoms with E-state index in [0.29, 0.717) is 17.8 Å². The van der Waals surface area contributed by atoms with Gasteiger partial charge in [0.05, 0.1) is 0 Å². The average Bonchev–Trinajstić information content (AvgIpc) is 2.85. The molecule has 0 N–H and O–H groups in total. The number of nitrogens with zero attached hydrogens (tertiary/aromatic N) is 1. The fourth-order valence-electron chi connectivity index (χ4n) is 2.46. The zero-order chi connectivity index (χ0) is 13.3. The first-order valence-electron chi connectivity index (χ1n) is 5.94. The average molecular weight is 265 g/mol. The molecule has 2 rings (SSSR count). The van der Waals surface area contributed by atoms with Gasteiger partial charge in [-0.3, -0.25) is 9.59 Å². The lowest BCUT2D eigenvalue weighted by Crippen LogP contribution is -2.51. The Hall–Kier alpha value is -1.49. The molecule has 0 bridgehead atoms. The minimum Gasteiger partial charge on any atom is -0.439 e. The molecule has 1 aromatic rings. The van der Waals surface area contributed by atoms with E-state index in [0.717, 1.165) is 11.1 Å². The van der Waals surface area contributed by atoms with Crippen molar-refractivity contribution < 1.29 is 14.3 Å². The summed E-state index contributed by atoms with van der Waals surface area (Å²) in [6, 6.07) is 0. The van der Waals surface area contributed by atoms with Crippen molar-refractivity contribution in [3.63, 3.8) is 0 Å². The van der Waals surface area contributed by atoms with Gasteiger partial charge in [-0.1, -0.05) is 13.8 Å². The minimum absolute atomic E-state index is 0.119. The van der Waals surface area contributed by atoms with Crippen molar-refractivity contribution in [1.29, 1.82) is 0 Å². The summed E-state index contributed by atoms with van der Waals surface area (Å²) in [4.78, 5) is 27.8. The SMILES string of the molecule is CCC1=C(CC)C(OC(C)=O)(c2nccs2)C1=O. The summed E-state index contributed by atoms with van der Waals surface area (Å²) in [5, 5.41) is 2.34. The largest absolute Gasteiger partial charge is 0.439 e. The summed E-state index contributed by atoms with van der Waals surface area (Å²) >= 11 is 1.34. The van der Waals surface area contributed by atoms with Crippen LogP contribution in [0.5, 0.6) is 0 Å².